The number of nitrogens with two attached hydrogens (primary N) is 1. The van der Waals surface area contributed by atoms with Crippen molar-refractivity contribution in [2.75, 3.05) is 0 Å². The van der Waals surface area contributed by atoms with Crippen LogP contribution < -0.4 is 5.32 Å². The van der Waals surface area contributed by atoms with E-state index in [-0.39, 0.29) is 0 Å². The van der Waals surface area contributed by atoms with E-state index in [2.05, 4.69) is 26.1 Å². The second-order valence-corrected chi connectivity index (χ2v) is 5.39. The van der Waals surface area contributed by atoms with Crippen LogP contribution in [0.25, 0.3) is 0 Å². The molecule has 1 aliphatic carbocycles. The molecule has 2 aliphatic heterocycles. The van der Waals surface area contributed by atoms with Gasteiger partial charge in [0.05, 0.1) is 11.1 Å². The fourth-order valence-electron chi connectivity index (χ4n) is 3.18. The van der Waals surface area contributed by atoms with E-state index >= 15 is 0 Å². The van der Waals surface area contributed by atoms with E-state index in [0.717, 1.165) is 5.92 Å². The number of rotatable bonds is 0. The van der Waals surface area contributed by atoms with E-state index in [1.807, 2.05) is 0 Å². The number of hydrogen-bond donors (Lipinski definition) is 1. The van der Waals surface area contributed by atoms with Crippen LogP contribution in [0.15, 0.2) is 0 Å². The summed E-state index contributed by atoms with van der Waals surface area (Å²) < 4.78 is 0. The maximum absolute atomic E-state index is 2.62. The molecule has 3 rings (SSSR count). The maximum Gasteiger partial charge on any atom is 0.0937 e. The van der Waals surface area contributed by atoms with Crippen LogP contribution in [0.1, 0.15) is 46.5 Å². The van der Waals surface area contributed by atoms with Crippen LogP contribution in [-0.4, -0.2) is 11.1 Å². The third-order valence-electron chi connectivity index (χ3n) is 3.90. The molecule has 1 saturated carbocycles. The summed E-state index contributed by atoms with van der Waals surface area (Å²) in [4.78, 5) is 0. The number of hydrogen-bond acceptors (Lipinski definition) is 0. The van der Waals surface area contributed by atoms with Gasteiger partial charge in [-0.05, 0) is 33.6 Å². The lowest BCUT2D eigenvalue weighted by molar-refractivity contribution is -0.807. The predicted octanol–water partition coefficient (Wildman–Crippen LogP) is 1.29. The van der Waals surface area contributed by atoms with Gasteiger partial charge in [0.2, 0.25) is 0 Å². The molecule has 0 radical (unpaired) electrons. The van der Waals surface area contributed by atoms with Gasteiger partial charge in [0.15, 0.2) is 0 Å². The Hall–Kier alpha value is -0.0400. The Bertz CT molecular complexity index is 161. The summed E-state index contributed by atoms with van der Waals surface area (Å²) in [7, 11) is 0. The van der Waals surface area contributed by atoms with Crippen molar-refractivity contribution < 1.29 is 5.32 Å². The van der Waals surface area contributed by atoms with Crippen molar-refractivity contribution >= 4 is 0 Å². The monoisotopic (exact) mass is 154 g/mol. The Morgan fingerprint density at radius 2 is 1.64 bits per heavy atom. The minimum atomic E-state index is 0.533. The van der Waals surface area contributed by atoms with Crippen LogP contribution in [0.2, 0.25) is 0 Å². The summed E-state index contributed by atoms with van der Waals surface area (Å²) in [5.74, 6) is 0.990. The van der Waals surface area contributed by atoms with Gasteiger partial charge in [0.1, 0.15) is 0 Å². The molecular formula is C10H20N+. The van der Waals surface area contributed by atoms with Gasteiger partial charge in [0, 0.05) is 18.8 Å². The summed E-state index contributed by atoms with van der Waals surface area (Å²) in [5, 5.41) is 2.62. The molecule has 1 nitrogen and oxygen atoms in total. The van der Waals surface area contributed by atoms with Crippen LogP contribution >= 0.6 is 0 Å². The molecule has 2 saturated heterocycles. The minimum absolute atomic E-state index is 0.533. The molecule has 3 aliphatic rings. The lowest BCUT2D eigenvalue weighted by atomic mass is 9.64. The second-order valence-electron chi connectivity index (χ2n) is 5.39. The average molecular weight is 154 g/mol. The molecule has 2 bridgehead atoms. The van der Waals surface area contributed by atoms with E-state index in [0.29, 0.717) is 11.1 Å². The lowest BCUT2D eigenvalue weighted by Crippen LogP contribution is -3.08. The molecule has 64 valence electrons. The van der Waals surface area contributed by atoms with Crippen molar-refractivity contribution in [2.45, 2.75) is 57.5 Å². The summed E-state index contributed by atoms with van der Waals surface area (Å²) in [5.41, 5.74) is 1.13. The molecule has 3 fully saturated rings. The molecule has 0 aromatic heterocycles. The highest BCUT2D eigenvalue weighted by atomic mass is 15.1. The van der Waals surface area contributed by atoms with Gasteiger partial charge in [-0.25, -0.2) is 0 Å². The van der Waals surface area contributed by atoms with Gasteiger partial charge in [0.25, 0.3) is 0 Å². The van der Waals surface area contributed by atoms with Crippen LogP contribution in [0.4, 0.5) is 0 Å². The van der Waals surface area contributed by atoms with Crippen LogP contribution in [0.5, 0.6) is 0 Å². The van der Waals surface area contributed by atoms with E-state index in [9.17, 15) is 0 Å². The van der Waals surface area contributed by atoms with Crippen molar-refractivity contribution in [2.24, 2.45) is 5.92 Å². The molecule has 0 unspecified atom stereocenters. The van der Waals surface area contributed by atoms with E-state index in [1.54, 1.807) is 0 Å². The van der Waals surface area contributed by atoms with Crippen molar-refractivity contribution in [3.63, 3.8) is 0 Å². The smallest absolute Gasteiger partial charge is 0.0937 e. The Balaban J connectivity index is 2.22. The summed E-state index contributed by atoms with van der Waals surface area (Å²) in [6, 6.07) is 0. The van der Waals surface area contributed by atoms with Gasteiger partial charge in [-0.15, -0.1) is 0 Å². The van der Waals surface area contributed by atoms with Crippen molar-refractivity contribution in [3.05, 3.63) is 0 Å². The molecule has 2 heterocycles. The highest BCUT2D eigenvalue weighted by molar-refractivity contribution is 4.93. The first kappa shape index (κ1) is 7.60. The fourth-order valence-corrected chi connectivity index (χ4v) is 3.18. The zero-order valence-electron chi connectivity index (χ0n) is 7.98. The zero-order valence-corrected chi connectivity index (χ0v) is 7.98. The van der Waals surface area contributed by atoms with Crippen molar-refractivity contribution in [3.8, 4) is 0 Å². The molecule has 0 aromatic carbocycles. The van der Waals surface area contributed by atoms with Crippen molar-refractivity contribution in [1.82, 2.24) is 0 Å². The molecule has 1 heteroatoms. The Labute approximate surface area is 69.6 Å². The van der Waals surface area contributed by atoms with Crippen LogP contribution in [0, 0.1) is 5.92 Å². The SMILES string of the molecule is CC12CCC(CC1)C(C)(C)[NH2+]2. The lowest BCUT2D eigenvalue weighted by Gasteiger charge is -2.51. The quantitative estimate of drug-likeness (QED) is 0.541. The first-order valence-corrected chi connectivity index (χ1v) is 4.89. The molecular weight excluding hydrogens is 134 g/mol. The van der Waals surface area contributed by atoms with Crippen molar-refractivity contribution in [1.29, 1.82) is 0 Å². The topological polar surface area (TPSA) is 16.6 Å². The standard InChI is InChI=1S/C10H19N/c1-9(2)8-4-6-10(3,11-9)7-5-8/h8,11H,4-7H2,1-3H3/p+1. The van der Waals surface area contributed by atoms with Crippen LogP contribution in [-0.2, 0) is 0 Å². The van der Waals surface area contributed by atoms with Gasteiger partial charge in [-0.2, -0.15) is 0 Å². The predicted molar refractivity (Wildman–Crippen MR) is 46.4 cm³/mol. The van der Waals surface area contributed by atoms with E-state index in [4.69, 9.17) is 0 Å². The maximum atomic E-state index is 2.62. The van der Waals surface area contributed by atoms with Gasteiger partial charge >= 0.3 is 0 Å². The first-order valence-electron chi connectivity index (χ1n) is 4.89. The molecule has 0 atom stereocenters. The molecule has 0 spiro atoms. The molecule has 0 amide bonds. The Kier molecular flexibility index (Phi) is 1.39. The number of piperidine rings is 2. The Morgan fingerprint density at radius 1 is 1.09 bits per heavy atom. The largest absolute Gasteiger partial charge is 0.337 e. The number of quaternary nitrogens is 1. The zero-order chi connectivity index (χ0) is 8.11. The van der Waals surface area contributed by atoms with E-state index in [1.165, 1.54) is 25.7 Å². The molecule has 11 heavy (non-hydrogen) atoms. The first-order chi connectivity index (χ1) is 5.02. The normalized spacial score (nSPS) is 47.7. The molecule has 2 N–H and O–H groups in total. The summed E-state index contributed by atoms with van der Waals surface area (Å²) in [6.45, 7) is 7.26. The fraction of sp³-hybridized carbons (Fsp3) is 1.00. The van der Waals surface area contributed by atoms with Gasteiger partial charge in [-0.3, -0.25) is 0 Å². The van der Waals surface area contributed by atoms with Crippen LogP contribution in [0.3, 0.4) is 0 Å². The van der Waals surface area contributed by atoms with E-state index < -0.39 is 0 Å². The average Bonchev–Trinajstić information content (AvgIpc) is 1.84. The third kappa shape index (κ3) is 1.10. The molecule has 0 aromatic rings. The highest BCUT2D eigenvalue weighted by Gasteiger charge is 2.50. The second kappa shape index (κ2) is 2.01. The number of fused-ring (bicyclic) bond motifs is 3. The van der Waals surface area contributed by atoms with Gasteiger partial charge < -0.3 is 5.32 Å². The van der Waals surface area contributed by atoms with Gasteiger partial charge in [-0.1, -0.05) is 0 Å². The summed E-state index contributed by atoms with van der Waals surface area (Å²) in [6.07, 6.45) is 5.84. The Morgan fingerprint density at radius 3 is 1.91 bits per heavy atom. The minimum Gasteiger partial charge on any atom is -0.337 e. The summed E-state index contributed by atoms with van der Waals surface area (Å²) >= 11 is 0. The third-order valence-corrected chi connectivity index (χ3v) is 3.90. The highest BCUT2D eigenvalue weighted by Crippen LogP contribution is 2.39.